The van der Waals surface area contributed by atoms with Gasteiger partial charge in [0, 0.05) is 28.8 Å². The number of benzene rings is 2. The maximum atomic E-state index is 13.5. The van der Waals surface area contributed by atoms with E-state index in [0.717, 1.165) is 27.9 Å². The van der Waals surface area contributed by atoms with Crippen molar-refractivity contribution in [1.82, 2.24) is 14.5 Å². The molecule has 0 aliphatic heterocycles. The summed E-state index contributed by atoms with van der Waals surface area (Å²) in [7, 11) is 1.76. The van der Waals surface area contributed by atoms with Gasteiger partial charge in [-0.3, -0.25) is 4.79 Å². The number of nitrogens with zero attached hydrogens (tertiary/aromatic N) is 3. The van der Waals surface area contributed by atoms with Crippen LogP contribution in [0, 0.1) is 9.39 Å². The van der Waals surface area contributed by atoms with Gasteiger partial charge in [0.05, 0.1) is 17.6 Å². The Balaban J connectivity index is 1.91. The van der Waals surface area contributed by atoms with E-state index in [4.69, 9.17) is 0 Å². The lowest BCUT2D eigenvalue weighted by Gasteiger charge is -2.18. The van der Waals surface area contributed by atoms with Crippen LogP contribution in [-0.2, 0) is 13.1 Å². The molecule has 0 atom stereocenters. The molecule has 0 bridgehead atoms. The average Bonchev–Trinajstić information content (AvgIpc) is 2.91. The molecule has 0 aliphatic carbocycles. The van der Waals surface area contributed by atoms with Crippen LogP contribution in [0.25, 0.3) is 11.0 Å². The number of rotatable bonds is 5. The van der Waals surface area contributed by atoms with Crippen molar-refractivity contribution in [2.75, 3.05) is 7.05 Å². The second-order valence-corrected chi connectivity index (χ2v) is 7.23. The van der Waals surface area contributed by atoms with Gasteiger partial charge >= 0.3 is 0 Å². The number of aryl methyl sites for hydroxylation is 1. The number of fused-ring (bicyclic) bond motifs is 1. The Morgan fingerprint density at radius 3 is 2.80 bits per heavy atom. The van der Waals surface area contributed by atoms with Gasteiger partial charge in [0.15, 0.2) is 0 Å². The number of imidazole rings is 1. The Labute approximate surface area is 159 Å². The van der Waals surface area contributed by atoms with E-state index in [1.165, 1.54) is 12.1 Å². The normalized spacial score (nSPS) is 11.0. The van der Waals surface area contributed by atoms with E-state index >= 15 is 0 Å². The molecule has 130 valence electrons. The van der Waals surface area contributed by atoms with Crippen LogP contribution in [0.2, 0.25) is 0 Å². The summed E-state index contributed by atoms with van der Waals surface area (Å²) in [6.07, 6.45) is 0.935. The van der Waals surface area contributed by atoms with Crippen LogP contribution in [0.1, 0.15) is 29.5 Å². The highest BCUT2D eigenvalue weighted by Gasteiger charge is 2.17. The van der Waals surface area contributed by atoms with Crippen molar-refractivity contribution in [2.45, 2.75) is 26.4 Å². The number of amides is 1. The molecule has 3 rings (SSSR count). The number of halogens is 2. The fourth-order valence-electron chi connectivity index (χ4n) is 2.87. The van der Waals surface area contributed by atoms with Gasteiger partial charge in [-0.05, 0) is 59.3 Å². The quantitative estimate of drug-likeness (QED) is 0.538. The average molecular weight is 451 g/mol. The topological polar surface area (TPSA) is 38.1 Å². The molecular formula is C19H19FIN3O. The summed E-state index contributed by atoms with van der Waals surface area (Å²) >= 11 is 2.19. The molecule has 0 spiro atoms. The van der Waals surface area contributed by atoms with Gasteiger partial charge in [-0.25, -0.2) is 9.37 Å². The van der Waals surface area contributed by atoms with Crippen molar-refractivity contribution in [3.05, 3.63) is 63.2 Å². The molecule has 4 nitrogen and oxygen atoms in total. The molecule has 6 heteroatoms. The molecule has 1 amide bonds. The number of carbonyl (C=O) groups is 1. The summed E-state index contributed by atoms with van der Waals surface area (Å²) in [5, 5.41) is 0. The van der Waals surface area contributed by atoms with Crippen LogP contribution in [0.4, 0.5) is 4.39 Å². The van der Waals surface area contributed by atoms with Gasteiger partial charge in [-0.15, -0.1) is 0 Å². The van der Waals surface area contributed by atoms with Crippen LogP contribution in [0.3, 0.4) is 0 Å². The van der Waals surface area contributed by atoms with Gasteiger partial charge in [0.25, 0.3) is 5.91 Å². The maximum Gasteiger partial charge on any atom is 0.254 e. The highest BCUT2D eigenvalue weighted by Crippen LogP contribution is 2.20. The third-order valence-corrected chi connectivity index (χ3v) is 4.70. The Kier molecular flexibility index (Phi) is 5.36. The van der Waals surface area contributed by atoms with E-state index in [2.05, 4.69) is 39.1 Å². The lowest BCUT2D eigenvalue weighted by molar-refractivity contribution is 0.0780. The zero-order chi connectivity index (χ0) is 18.0. The minimum absolute atomic E-state index is 0.0557. The van der Waals surface area contributed by atoms with E-state index < -0.39 is 0 Å². The largest absolute Gasteiger partial charge is 0.334 e. The highest BCUT2D eigenvalue weighted by atomic mass is 127. The molecule has 25 heavy (non-hydrogen) atoms. The Hall–Kier alpha value is -1.96. The van der Waals surface area contributed by atoms with E-state index in [0.29, 0.717) is 17.6 Å². The van der Waals surface area contributed by atoms with Gasteiger partial charge in [-0.1, -0.05) is 13.0 Å². The van der Waals surface area contributed by atoms with Gasteiger partial charge in [0.1, 0.15) is 11.6 Å². The highest BCUT2D eigenvalue weighted by molar-refractivity contribution is 14.1. The molecule has 0 unspecified atom stereocenters. The summed E-state index contributed by atoms with van der Waals surface area (Å²) in [6.45, 7) is 3.24. The Morgan fingerprint density at radius 1 is 1.28 bits per heavy atom. The van der Waals surface area contributed by atoms with Crippen molar-refractivity contribution in [2.24, 2.45) is 0 Å². The number of hydrogen-bond donors (Lipinski definition) is 0. The summed E-state index contributed by atoms with van der Waals surface area (Å²) in [6, 6.07) is 12.1. The van der Waals surface area contributed by atoms with Crippen molar-refractivity contribution in [3.8, 4) is 0 Å². The molecule has 0 aliphatic rings. The lowest BCUT2D eigenvalue weighted by Crippen LogP contribution is -2.27. The van der Waals surface area contributed by atoms with Crippen LogP contribution in [0.5, 0.6) is 0 Å². The van der Waals surface area contributed by atoms with Crippen molar-refractivity contribution in [3.63, 3.8) is 0 Å². The smallest absolute Gasteiger partial charge is 0.254 e. The zero-order valence-corrected chi connectivity index (χ0v) is 16.3. The minimum Gasteiger partial charge on any atom is -0.334 e. The molecule has 0 fully saturated rings. The van der Waals surface area contributed by atoms with E-state index in [1.807, 2.05) is 24.3 Å². The molecular weight excluding hydrogens is 432 g/mol. The Bertz CT molecular complexity index is 922. The van der Waals surface area contributed by atoms with Gasteiger partial charge in [-0.2, -0.15) is 0 Å². The molecule has 0 saturated carbocycles. The van der Waals surface area contributed by atoms with Crippen LogP contribution in [0.15, 0.2) is 42.5 Å². The van der Waals surface area contributed by atoms with Crippen molar-refractivity contribution >= 4 is 39.5 Å². The first-order valence-electron chi connectivity index (χ1n) is 8.15. The number of carbonyl (C=O) groups excluding carboxylic acids is 1. The van der Waals surface area contributed by atoms with E-state index in [-0.39, 0.29) is 11.7 Å². The summed E-state index contributed by atoms with van der Waals surface area (Å²) in [4.78, 5) is 18.9. The first-order valence-corrected chi connectivity index (χ1v) is 9.23. The molecule has 1 heterocycles. The monoisotopic (exact) mass is 451 g/mol. The van der Waals surface area contributed by atoms with Crippen LogP contribution < -0.4 is 0 Å². The SMILES string of the molecule is CCCn1c(CN(C)C(=O)c2cccc(I)c2)nc2cc(F)ccc21. The second kappa shape index (κ2) is 7.51. The fraction of sp³-hybridized carbons (Fsp3) is 0.263. The molecule has 1 aromatic heterocycles. The van der Waals surface area contributed by atoms with Gasteiger partial charge < -0.3 is 9.47 Å². The third-order valence-electron chi connectivity index (χ3n) is 4.03. The molecule has 2 aromatic carbocycles. The number of hydrogen-bond acceptors (Lipinski definition) is 2. The lowest BCUT2D eigenvalue weighted by atomic mass is 10.2. The Morgan fingerprint density at radius 2 is 2.08 bits per heavy atom. The molecule has 3 aromatic rings. The summed E-state index contributed by atoms with van der Waals surface area (Å²) in [5.74, 6) is 0.409. The first kappa shape index (κ1) is 17.8. The summed E-state index contributed by atoms with van der Waals surface area (Å²) in [5.41, 5.74) is 2.17. The third kappa shape index (κ3) is 3.84. The molecule has 0 radical (unpaired) electrons. The minimum atomic E-state index is -0.302. The fourth-order valence-corrected chi connectivity index (χ4v) is 3.42. The molecule has 0 N–H and O–H groups in total. The predicted octanol–water partition coefficient (Wildman–Crippen LogP) is 4.46. The first-order chi connectivity index (χ1) is 12.0. The summed E-state index contributed by atoms with van der Waals surface area (Å²) < 4.78 is 16.6. The van der Waals surface area contributed by atoms with E-state index in [9.17, 15) is 9.18 Å². The van der Waals surface area contributed by atoms with Crippen LogP contribution >= 0.6 is 22.6 Å². The van der Waals surface area contributed by atoms with Gasteiger partial charge in [0.2, 0.25) is 0 Å². The molecule has 0 saturated heterocycles. The van der Waals surface area contributed by atoms with Crippen LogP contribution in [-0.4, -0.2) is 27.4 Å². The maximum absolute atomic E-state index is 13.5. The van der Waals surface area contributed by atoms with Crippen molar-refractivity contribution < 1.29 is 9.18 Å². The van der Waals surface area contributed by atoms with Crippen molar-refractivity contribution in [1.29, 1.82) is 0 Å². The van der Waals surface area contributed by atoms with E-state index in [1.54, 1.807) is 18.0 Å². The standard InChI is InChI=1S/C19H19FIN3O/c1-3-9-24-17-8-7-14(20)11-16(17)22-18(24)12-23(2)19(25)13-5-4-6-15(21)10-13/h4-8,10-11H,3,9,12H2,1-2H3. The zero-order valence-electron chi connectivity index (χ0n) is 14.2. The second-order valence-electron chi connectivity index (χ2n) is 5.98. The predicted molar refractivity (Wildman–Crippen MR) is 105 cm³/mol. The number of aromatic nitrogens is 2.